The molecule has 3 rings (SSSR count). The van der Waals surface area contributed by atoms with Crippen molar-refractivity contribution < 1.29 is 9.47 Å². The Morgan fingerprint density at radius 3 is 2.43 bits per heavy atom. The lowest BCUT2D eigenvalue weighted by Gasteiger charge is -2.35. The number of benzene rings is 2. The molecular weight excluding hydrogens is 394 g/mol. The van der Waals surface area contributed by atoms with Gasteiger partial charge in [-0.05, 0) is 41.9 Å². The van der Waals surface area contributed by atoms with Crippen LogP contribution in [0.3, 0.4) is 0 Å². The summed E-state index contributed by atoms with van der Waals surface area (Å²) < 4.78 is 10.7. The first-order valence-corrected chi connectivity index (χ1v) is 10.8. The predicted molar refractivity (Wildman–Crippen MR) is 127 cm³/mol. The number of nitrogens with zero attached hydrogens (tertiary/aromatic N) is 2. The van der Waals surface area contributed by atoms with Gasteiger partial charge in [-0.2, -0.15) is 0 Å². The van der Waals surface area contributed by atoms with Crippen molar-refractivity contribution in [2.45, 2.75) is 6.42 Å². The van der Waals surface area contributed by atoms with E-state index in [0.29, 0.717) is 0 Å². The number of ether oxygens (including phenoxy) is 2. The third-order valence-corrected chi connectivity index (χ3v) is 5.67. The molecule has 0 aliphatic carbocycles. The van der Waals surface area contributed by atoms with E-state index < -0.39 is 0 Å². The molecule has 0 unspecified atom stereocenters. The topological polar surface area (TPSA) is 37.0 Å². The summed E-state index contributed by atoms with van der Waals surface area (Å²) in [6.45, 7) is 5.74. The second-order valence-electron chi connectivity index (χ2n) is 7.27. The highest BCUT2D eigenvalue weighted by Gasteiger charge is 2.17. The van der Waals surface area contributed by atoms with Gasteiger partial charge in [-0.3, -0.25) is 4.90 Å². The van der Waals surface area contributed by atoms with Crippen molar-refractivity contribution in [1.82, 2.24) is 15.1 Å². The summed E-state index contributed by atoms with van der Waals surface area (Å²) >= 11 is 5.61. The molecule has 5 nitrogen and oxygen atoms in total. The van der Waals surface area contributed by atoms with Gasteiger partial charge in [0, 0.05) is 39.3 Å². The Hall–Kier alpha value is -2.57. The fraction of sp³-hybridized carbons (Fsp3) is 0.375. The molecule has 1 N–H and O–H groups in total. The molecule has 0 bridgehead atoms. The second-order valence-corrected chi connectivity index (χ2v) is 7.66. The third-order valence-electron chi connectivity index (χ3n) is 5.27. The average molecular weight is 426 g/mol. The zero-order chi connectivity index (χ0) is 21.2. The molecule has 160 valence electrons. The van der Waals surface area contributed by atoms with Crippen LogP contribution in [0.25, 0.3) is 6.08 Å². The summed E-state index contributed by atoms with van der Waals surface area (Å²) in [4.78, 5) is 4.73. The fourth-order valence-corrected chi connectivity index (χ4v) is 3.78. The molecule has 0 amide bonds. The zero-order valence-corrected chi connectivity index (χ0v) is 18.7. The van der Waals surface area contributed by atoms with E-state index >= 15 is 0 Å². The number of rotatable bonds is 8. The summed E-state index contributed by atoms with van der Waals surface area (Å²) in [6.07, 6.45) is 5.31. The molecule has 1 saturated heterocycles. The quantitative estimate of drug-likeness (QED) is 0.653. The number of methoxy groups -OCH3 is 2. The molecule has 0 aromatic heterocycles. The van der Waals surface area contributed by atoms with Gasteiger partial charge in [0.15, 0.2) is 16.6 Å². The molecule has 0 saturated carbocycles. The second kappa shape index (κ2) is 11.6. The predicted octanol–water partition coefficient (Wildman–Crippen LogP) is 3.45. The van der Waals surface area contributed by atoms with Crippen LogP contribution in [0.1, 0.15) is 11.1 Å². The van der Waals surface area contributed by atoms with Crippen molar-refractivity contribution in [2.24, 2.45) is 0 Å². The summed E-state index contributed by atoms with van der Waals surface area (Å²) in [5.74, 6) is 1.51. The lowest BCUT2D eigenvalue weighted by molar-refractivity contribution is 0.197. The first kappa shape index (κ1) is 22.1. The molecule has 2 aromatic carbocycles. The maximum atomic E-state index is 5.61. The Kier molecular flexibility index (Phi) is 8.53. The lowest BCUT2D eigenvalue weighted by Crippen LogP contribution is -2.51. The van der Waals surface area contributed by atoms with Crippen LogP contribution in [0.5, 0.6) is 11.5 Å². The van der Waals surface area contributed by atoms with Gasteiger partial charge in [-0.25, -0.2) is 0 Å². The summed E-state index contributed by atoms with van der Waals surface area (Å²) in [5, 5.41) is 4.24. The molecule has 1 aliphatic heterocycles. The van der Waals surface area contributed by atoms with Gasteiger partial charge >= 0.3 is 0 Å². The number of piperazine rings is 1. The Labute approximate surface area is 185 Å². The number of nitrogens with one attached hydrogen (secondary N) is 1. The Morgan fingerprint density at radius 1 is 1.00 bits per heavy atom. The van der Waals surface area contributed by atoms with Crippen LogP contribution < -0.4 is 14.8 Å². The van der Waals surface area contributed by atoms with Crippen LogP contribution in [-0.2, 0) is 6.42 Å². The van der Waals surface area contributed by atoms with Crippen LogP contribution in [0.4, 0.5) is 0 Å². The van der Waals surface area contributed by atoms with E-state index in [1.54, 1.807) is 14.2 Å². The molecular formula is C24H31N3O2S. The van der Waals surface area contributed by atoms with Gasteiger partial charge in [0.25, 0.3) is 0 Å². The zero-order valence-electron chi connectivity index (χ0n) is 17.8. The fourth-order valence-electron chi connectivity index (χ4n) is 3.50. The van der Waals surface area contributed by atoms with E-state index in [2.05, 4.69) is 57.6 Å². The van der Waals surface area contributed by atoms with Crippen molar-refractivity contribution in [2.75, 3.05) is 53.5 Å². The summed E-state index contributed by atoms with van der Waals surface area (Å²) in [6, 6.07) is 16.5. The molecule has 1 fully saturated rings. The van der Waals surface area contributed by atoms with Gasteiger partial charge in [-0.15, -0.1) is 0 Å². The SMILES string of the molecule is COc1ccc(CCNC(=S)N2CCN(C/C=C/c3ccccc3)CC2)cc1OC. The largest absolute Gasteiger partial charge is 0.493 e. The molecule has 1 heterocycles. The lowest BCUT2D eigenvalue weighted by atomic mass is 10.1. The van der Waals surface area contributed by atoms with Crippen LogP contribution in [0.15, 0.2) is 54.6 Å². The van der Waals surface area contributed by atoms with Gasteiger partial charge in [0.1, 0.15) is 0 Å². The minimum absolute atomic E-state index is 0.751. The van der Waals surface area contributed by atoms with Crippen molar-refractivity contribution >= 4 is 23.4 Å². The van der Waals surface area contributed by atoms with E-state index in [4.69, 9.17) is 21.7 Å². The highest BCUT2D eigenvalue weighted by Crippen LogP contribution is 2.27. The number of thiocarbonyl (C=S) groups is 1. The first-order valence-electron chi connectivity index (χ1n) is 10.4. The first-order chi connectivity index (χ1) is 14.7. The third kappa shape index (κ3) is 6.47. The summed E-state index contributed by atoms with van der Waals surface area (Å²) in [5.41, 5.74) is 2.44. The molecule has 2 aromatic rings. The minimum atomic E-state index is 0.751. The van der Waals surface area contributed by atoms with Crippen molar-refractivity contribution in [3.8, 4) is 11.5 Å². The Balaban J connectivity index is 1.36. The van der Waals surface area contributed by atoms with Gasteiger partial charge in [0.2, 0.25) is 0 Å². The van der Waals surface area contributed by atoms with E-state index in [9.17, 15) is 0 Å². The molecule has 1 aliphatic rings. The van der Waals surface area contributed by atoms with Gasteiger partial charge in [0.05, 0.1) is 14.2 Å². The maximum absolute atomic E-state index is 5.61. The summed E-state index contributed by atoms with van der Waals surface area (Å²) in [7, 11) is 3.31. The van der Waals surface area contributed by atoms with Crippen molar-refractivity contribution in [3.05, 3.63) is 65.7 Å². The van der Waals surface area contributed by atoms with Crippen LogP contribution in [0, 0.1) is 0 Å². The van der Waals surface area contributed by atoms with Crippen LogP contribution >= 0.6 is 12.2 Å². The Morgan fingerprint density at radius 2 is 1.73 bits per heavy atom. The molecule has 0 radical (unpaired) electrons. The van der Waals surface area contributed by atoms with E-state index in [0.717, 1.165) is 62.3 Å². The number of hydrogen-bond donors (Lipinski definition) is 1. The van der Waals surface area contributed by atoms with E-state index in [1.807, 2.05) is 18.2 Å². The standard InChI is InChI=1S/C24H31N3O2S/c1-28-22-11-10-21(19-23(22)29-2)12-13-25-24(30)27-17-15-26(16-18-27)14-6-9-20-7-4-3-5-8-20/h3-11,19H,12-18H2,1-2H3,(H,25,30)/b9-6+. The Bertz CT molecular complexity index is 834. The van der Waals surface area contributed by atoms with Crippen molar-refractivity contribution in [3.63, 3.8) is 0 Å². The highest BCUT2D eigenvalue weighted by molar-refractivity contribution is 7.80. The average Bonchev–Trinajstić information content (AvgIpc) is 2.80. The minimum Gasteiger partial charge on any atom is -0.493 e. The van der Waals surface area contributed by atoms with Crippen LogP contribution in [0.2, 0.25) is 0 Å². The molecule has 0 spiro atoms. The number of hydrogen-bond acceptors (Lipinski definition) is 4. The smallest absolute Gasteiger partial charge is 0.169 e. The molecule has 6 heteroatoms. The normalized spacial score (nSPS) is 14.7. The highest BCUT2D eigenvalue weighted by atomic mass is 32.1. The van der Waals surface area contributed by atoms with Gasteiger partial charge < -0.3 is 19.7 Å². The molecule has 30 heavy (non-hydrogen) atoms. The van der Waals surface area contributed by atoms with E-state index in [-0.39, 0.29) is 0 Å². The monoisotopic (exact) mass is 425 g/mol. The van der Waals surface area contributed by atoms with Crippen LogP contribution in [-0.4, -0.2) is 68.4 Å². The van der Waals surface area contributed by atoms with Crippen molar-refractivity contribution in [1.29, 1.82) is 0 Å². The maximum Gasteiger partial charge on any atom is 0.169 e. The molecule has 0 atom stereocenters. The van der Waals surface area contributed by atoms with E-state index in [1.165, 1.54) is 11.1 Å². The van der Waals surface area contributed by atoms with Gasteiger partial charge in [-0.1, -0.05) is 48.6 Å².